The van der Waals surface area contributed by atoms with Crippen LogP contribution in [0.15, 0.2) is 52.8 Å². The molecule has 2 aromatic rings. The number of aliphatic hydroxyl groups excluding tert-OH is 1. The maximum Gasteiger partial charge on any atom is 0.253 e. The van der Waals surface area contributed by atoms with Crippen molar-refractivity contribution in [3.8, 4) is 0 Å². The second-order valence-electron chi connectivity index (χ2n) is 7.66. The average Bonchev–Trinajstić information content (AvgIpc) is 2.79. The van der Waals surface area contributed by atoms with E-state index in [1.807, 2.05) is 23.1 Å². The van der Waals surface area contributed by atoms with E-state index in [9.17, 15) is 4.79 Å². The SMILES string of the molecule is C=C(C(=O)N1CCC(CCOCCO)CC1)c1ccc(Sc2ccc(Cl)cc2Cl)c(Cl)c1. The Bertz CT molecular complexity index is 962. The molecular weight excluding hydrogens is 489 g/mol. The van der Waals surface area contributed by atoms with Gasteiger partial charge in [0, 0.05) is 40.1 Å². The maximum absolute atomic E-state index is 13.0. The van der Waals surface area contributed by atoms with Crippen LogP contribution in [-0.2, 0) is 9.53 Å². The summed E-state index contributed by atoms with van der Waals surface area (Å²) in [6, 6.07) is 10.8. The van der Waals surface area contributed by atoms with Gasteiger partial charge in [0.25, 0.3) is 5.91 Å². The van der Waals surface area contributed by atoms with Crippen molar-refractivity contribution in [2.45, 2.75) is 29.1 Å². The molecule has 1 aliphatic heterocycles. The van der Waals surface area contributed by atoms with Crippen molar-refractivity contribution in [1.82, 2.24) is 4.90 Å². The van der Waals surface area contributed by atoms with Gasteiger partial charge in [0.2, 0.25) is 0 Å². The highest BCUT2D eigenvalue weighted by molar-refractivity contribution is 7.99. The Hall–Kier alpha value is -1.21. The zero-order chi connectivity index (χ0) is 23.1. The van der Waals surface area contributed by atoms with Gasteiger partial charge in [0.05, 0.1) is 23.3 Å². The van der Waals surface area contributed by atoms with E-state index in [0.29, 0.717) is 58.4 Å². The van der Waals surface area contributed by atoms with Crippen LogP contribution in [-0.4, -0.2) is 48.8 Å². The molecule has 0 unspecified atom stereocenters. The van der Waals surface area contributed by atoms with Gasteiger partial charge in [-0.05, 0) is 61.1 Å². The molecule has 1 N–H and O–H groups in total. The fourth-order valence-corrected chi connectivity index (χ4v) is 5.25. The molecule has 0 atom stereocenters. The quantitative estimate of drug-likeness (QED) is 0.309. The van der Waals surface area contributed by atoms with Crippen LogP contribution in [0.4, 0.5) is 0 Å². The summed E-state index contributed by atoms with van der Waals surface area (Å²) in [6.07, 6.45) is 2.84. The minimum absolute atomic E-state index is 0.0492. The highest BCUT2D eigenvalue weighted by Gasteiger charge is 2.25. The lowest BCUT2D eigenvalue weighted by Gasteiger charge is -2.32. The number of halogens is 3. The molecule has 0 radical (unpaired) electrons. The molecule has 0 bridgehead atoms. The molecule has 32 heavy (non-hydrogen) atoms. The van der Waals surface area contributed by atoms with Gasteiger partial charge in [0.15, 0.2) is 0 Å². The molecular formula is C24H26Cl3NO3S. The summed E-state index contributed by atoms with van der Waals surface area (Å²) in [5.74, 6) is 0.480. The average molecular weight is 515 g/mol. The van der Waals surface area contributed by atoms with Gasteiger partial charge in [-0.3, -0.25) is 4.79 Å². The van der Waals surface area contributed by atoms with Crippen LogP contribution in [0.3, 0.4) is 0 Å². The van der Waals surface area contributed by atoms with Crippen molar-refractivity contribution in [2.75, 3.05) is 32.9 Å². The van der Waals surface area contributed by atoms with Gasteiger partial charge in [-0.1, -0.05) is 59.2 Å². The molecule has 172 valence electrons. The minimum Gasteiger partial charge on any atom is -0.394 e. The number of hydrogen-bond donors (Lipinski definition) is 1. The predicted molar refractivity (Wildman–Crippen MR) is 133 cm³/mol. The number of aliphatic hydroxyl groups is 1. The summed E-state index contributed by atoms with van der Waals surface area (Å²) in [6.45, 7) is 6.52. The van der Waals surface area contributed by atoms with Gasteiger partial charge in [-0.15, -0.1) is 0 Å². The number of hydrogen-bond acceptors (Lipinski definition) is 4. The number of piperidine rings is 1. The molecule has 0 aliphatic carbocycles. The first-order valence-electron chi connectivity index (χ1n) is 10.5. The number of amides is 1. The molecule has 0 saturated carbocycles. The van der Waals surface area contributed by atoms with Crippen LogP contribution in [0.5, 0.6) is 0 Å². The van der Waals surface area contributed by atoms with Crippen molar-refractivity contribution in [1.29, 1.82) is 0 Å². The summed E-state index contributed by atoms with van der Waals surface area (Å²) in [5.41, 5.74) is 1.16. The zero-order valence-corrected chi connectivity index (χ0v) is 20.7. The lowest BCUT2D eigenvalue weighted by atomic mass is 9.93. The Balaban J connectivity index is 1.57. The van der Waals surface area contributed by atoms with Gasteiger partial charge in [-0.25, -0.2) is 0 Å². The molecule has 2 aromatic carbocycles. The van der Waals surface area contributed by atoms with Gasteiger partial charge >= 0.3 is 0 Å². The van der Waals surface area contributed by atoms with E-state index < -0.39 is 0 Å². The van der Waals surface area contributed by atoms with Gasteiger partial charge in [-0.2, -0.15) is 0 Å². The topological polar surface area (TPSA) is 49.8 Å². The first-order chi connectivity index (χ1) is 15.4. The zero-order valence-electron chi connectivity index (χ0n) is 17.7. The number of likely N-dealkylation sites (tertiary alicyclic amines) is 1. The third-order valence-electron chi connectivity index (χ3n) is 5.46. The predicted octanol–water partition coefficient (Wildman–Crippen LogP) is 6.45. The minimum atomic E-state index is -0.0582. The van der Waals surface area contributed by atoms with E-state index in [4.69, 9.17) is 44.6 Å². The van der Waals surface area contributed by atoms with Crippen molar-refractivity contribution in [3.63, 3.8) is 0 Å². The van der Waals surface area contributed by atoms with Crippen molar-refractivity contribution < 1.29 is 14.6 Å². The first-order valence-corrected chi connectivity index (χ1v) is 12.4. The molecule has 0 aromatic heterocycles. The molecule has 4 nitrogen and oxygen atoms in total. The van der Waals surface area contributed by atoms with E-state index in [1.165, 1.54) is 11.8 Å². The van der Waals surface area contributed by atoms with E-state index in [-0.39, 0.29) is 12.5 Å². The number of benzene rings is 2. The summed E-state index contributed by atoms with van der Waals surface area (Å²) < 4.78 is 5.35. The van der Waals surface area contributed by atoms with Gasteiger partial charge < -0.3 is 14.7 Å². The van der Waals surface area contributed by atoms with Crippen LogP contribution in [0.25, 0.3) is 5.57 Å². The third kappa shape index (κ3) is 6.89. The molecule has 1 heterocycles. The van der Waals surface area contributed by atoms with Crippen LogP contribution >= 0.6 is 46.6 Å². The lowest BCUT2D eigenvalue weighted by Crippen LogP contribution is -2.39. The molecule has 1 fully saturated rings. The second kappa shape index (κ2) is 12.3. The monoisotopic (exact) mass is 513 g/mol. The van der Waals surface area contributed by atoms with E-state index in [2.05, 4.69) is 6.58 Å². The van der Waals surface area contributed by atoms with E-state index in [1.54, 1.807) is 18.2 Å². The Labute approximate surface area is 208 Å². The fraction of sp³-hybridized carbons (Fsp3) is 0.375. The highest BCUT2D eigenvalue weighted by atomic mass is 35.5. The number of nitrogens with zero attached hydrogens (tertiary/aromatic N) is 1. The number of ether oxygens (including phenoxy) is 1. The maximum atomic E-state index is 13.0. The van der Waals surface area contributed by atoms with Crippen molar-refractivity contribution >= 4 is 58.0 Å². The Morgan fingerprint density at radius 3 is 2.34 bits per heavy atom. The normalized spacial score (nSPS) is 14.6. The molecule has 1 aliphatic rings. The largest absolute Gasteiger partial charge is 0.394 e. The van der Waals surface area contributed by atoms with E-state index in [0.717, 1.165) is 29.1 Å². The molecule has 3 rings (SSSR count). The third-order valence-corrected chi connectivity index (χ3v) is 7.70. The molecule has 8 heteroatoms. The summed E-state index contributed by atoms with van der Waals surface area (Å²) in [5, 5.41) is 10.4. The number of rotatable bonds is 9. The van der Waals surface area contributed by atoms with Crippen LogP contribution in [0.1, 0.15) is 24.8 Å². The molecule has 1 saturated heterocycles. The summed E-state index contributed by atoms with van der Waals surface area (Å²) >= 11 is 20.2. The fourth-order valence-electron chi connectivity index (χ4n) is 3.60. The van der Waals surface area contributed by atoms with Crippen LogP contribution in [0, 0.1) is 5.92 Å². The number of carbonyl (C=O) groups is 1. The van der Waals surface area contributed by atoms with Crippen molar-refractivity contribution in [2.24, 2.45) is 5.92 Å². The highest BCUT2D eigenvalue weighted by Crippen LogP contribution is 2.39. The first kappa shape index (κ1) is 25.4. The van der Waals surface area contributed by atoms with Gasteiger partial charge in [0.1, 0.15) is 0 Å². The van der Waals surface area contributed by atoms with Crippen LogP contribution < -0.4 is 0 Å². The standard InChI is InChI=1S/C24H26Cl3NO3S/c1-16(24(30)28-9-6-17(7-10-28)8-12-31-13-11-29)18-2-4-22(20(26)14-18)32-23-5-3-19(25)15-21(23)27/h2-5,14-15,17,29H,1,6-13H2. The summed E-state index contributed by atoms with van der Waals surface area (Å²) in [7, 11) is 0. The Morgan fingerprint density at radius 2 is 1.72 bits per heavy atom. The number of carbonyl (C=O) groups excluding carboxylic acids is 1. The smallest absolute Gasteiger partial charge is 0.253 e. The Kier molecular flexibility index (Phi) is 9.77. The van der Waals surface area contributed by atoms with Crippen LogP contribution in [0.2, 0.25) is 15.1 Å². The second-order valence-corrected chi connectivity index (χ2v) is 10.00. The molecule has 1 amide bonds. The van der Waals surface area contributed by atoms with Crippen molar-refractivity contribution in [3.05, 3.63) is 63.6 Å². The summed E-state index contributed by atoms with van der Waals surface area (Å²) in [4.78, 5) is 16.5. The Morgan fingerprint density at radius 1 is 1.06 bits per heavy atom. The van der Waals surface area contributed by atoms with E-state index >= 15 is 0 Å². The molecule has 0 spiro atoms. The lowest BCUT2D eigenvalue weighted by molar-refractivity contribution is -0.126.